The first-order chi connectivity index (χ1) is 14.1. The fourth-order valence-corrected chi connectivity index (χ4v) is 3.85. The lowest BCUT2D eigenvalue weighted by Gasteiger charge is -2.36. The first kappa shape index (κ1) is 19.3. The molecule has 0 spiro atoms. The number of rotatable bonds is 5. The number of nitrogens with zero attached hydrogens (tertiary/aromatic N) is 3. The average Bonchev–Trinajstić information content (AvgIpc) is 2.74. The second-order valence-corrected chi connectivity index (χ2v) is 7.55. The topological polar surface area (TPSA) is 36.4 Å². The molecule has 0 bridgehead atoms. The molecule has 4 rings (SSSR count). The number of hydrogen-bond donors (Lipinski definition) is 0. The van der Waals surface area contributed by atoms with Gasteiger partial charge in [-0.25, -0.2) is 4.39 Å². The molecule has 2 aromatic carbocycles. The molecule has 0 fully saturated rings. The highest BCUT2D eigenvalue weighted by Crippen LogP contribution is 2.24. The van der Waals surface area contributed by atoms with Crippen molar-refractivity contribution in [3.63, 3.8) is 0 Å². The van der Waals surface area contributed by atoms with E-state index < -0.39 is 0 Å². The molecular formula is C24H24FN3O. The van der Waals surface area contributed by atoms with Gasteiger partial charge in [0.15, 0.2) is 0 Å². The normalized spacial score (nSPS) is 16.3. The van der Waals surface area contributed by atoms with Crippen molar-refractivity contribution in [2.75, 3.05) is 7.05 Å². The largest absolute Gasteiger partial charge is 0.331 e. The minimum absolute atomic E-state index is 0.0666. The van der Waals surface area contributed by atoms with Gasteiger partial charge >= 0.3 is 0 Å². The smallest absolute Gasteiger partial charge is 0.240 e. The number of carbonyl (C=O) groups excluding carboxylic acids is 1. The zero-order chi connectivity index (χ0) is 20.2. The zero-order valence-electron chi connectivity index (χ0n) is 16.5. The van der Waals surface area contributed by atoms with E-state index in [1.165, 1.54) is 23.3 Å². The van der Waals surface area contributed by atoms with E-state index in [1.54, 1.807) is 18.3 Å². The molecule has 148 valence electrons. The molecule has 0 radical (unpaired) electrons. The van der Waals surface area contributed by atoms with Gasteiger partial charge < -0.3 is 4.90 Å². The standard InChI is InChI=1S/C24H24FN3O/c1-27-16-20-7-3-2-6-19(20)14-23(27)24(29)28(17-22-8-4-5-13-26-22)15-18-9-11-21(25)12-10-18/h2-13,23H,14-17H2,1H3/t23-/m0/s1. The van der Waals surface area contributed by atoms with Crippen LogP contribution in [0.2, 0.25) is 0 Å². The van der Waals surface area contributed by atoms with Gasteiger partial charge in [-0.2, -0.15) is 0 Å². The van der Waals surface area contributed by atoms with Crippen molar-refractivity contribution in [2.24, 2.45) is 0 Å². The summed E-state index contributed by atoms with van der Waals surface area (Å²) in [7, 11) is 2.00. The Labute approximate surface area is 170 Å². The van der Waals surface area contributed by atoms with Crippen LogP contribution in [0.15, 0.2) is 72.9 Å². The molecule has 1 atom stereocenters. The van der Waals surface area contributed by atoms with E-state index in [-0.39, 0.29) is 17.8 Å². The minimum Gasteiger partial charge on any atom is -0.331 e. The number of aromatic nitrogens is 1. The second kappa shape index (κ2) is 8.53. The van der Waals surface area contributed by atoms with E-state index in [0.717, 1.165) is 17.8 Å². The van der Waals surface area contributed by atoms with Crippen LogP contribution < -0.4 is 0 Å². The summed E-state index contributed by atoms with van der Waals surface area (Å²) in [4.78, 5) is 21.9. The maximum absolute atomic E-state index is 13.6. The Bertz CT molecular complexity index is 975. The fourth-order valence-electron chi connectivity index (χ4n) is 3.85. The predicted octanol–water partition coefficient (Wildman–Crippen LogP) is 3.81. The lowest BCUT2D eigenvalue weighted by atomic mass is 9.93. The summed E-state index contributed by atoms with van der Waals surface area (Å²) < 4.78 is 13.3. The summed E-state index contributed by atoms with van der Waals surface area (Å²) in [6, 6.07) is 20.1. The maximum atomic E-state index is 13.6. The van der Waals surface area contributed by atoms with E-state index in [1.807, 2.05) is 42.3 Å². The van der Waals surface area contributed by atoms with Crippen LogP contribution in [-0.2, 0) is 30.8 Å². The number of benzene rings is 2. The van der Waals surface area contributed by atoms with E-state index in [0.29, 0.717) is 19.5 Å². The summed E-state index contributed by atoms with van der Waals surface area (Å²) in [6.45, 7) is 1.59. The van der Waals surface area contributed by atoms with Gasteiger partial charge in [0.25, 0.3) is 0 Å². The molecule has 2 heterocycles. The van der Waals surface area contributed by atoms with E-state index in [4.69, 9.17) is 0 Å². The molecular weight excluding hydrogens is 365 g/mol. The first-order valence-corrected chi connectivity index (χ1v) is 9.80. The molecule has 1 amide bonds. The number of hydrogen-bond acceptors (Lipinski definition) is 3. The highest BCUT2D eigenvalue weighted by molar-refractivity contribution is 5.82. The molecule has 0 saturated carbocycles. The van der Waals surface area contributed by atoms with Crippen molar-refractivity contribution in [3.05, 3.63) is 101 Å². The maximum Gasteiger partial charge on any atom is 0.240 e. The van der Waals surface area contributed by atoms with Crippen LogP contribution in [0.5, 0.6) is 0 Å². The minimum atomic E-state index is -0.278. The van der Waals surface area contributed by atoms with Crippen LogP contribution in [0.4, 0.5) is 4.39 Å². The molecule has 3 aromatic rings. The van der Waals surface area contributed by atoms with Crippen molar-refractivity contribution in [3.8, 4) is 0 Å². The molecule has 0 saturated heterocycles. The predicted molar refractivity (Wildman–Crippen MR) is 110 cm³/mol. The van der Waals surface area contributed by atoms with Crippen molar-refractivity contribution < 1.29 is 9.18 Å². The molecule has 1 aliphatic heterocycles. The highest BCUT2D eigenvalue weighted by Gasteiger charge is 2.32. The third-order valence-electron chi connectivity index (χ3n) is 5.45. The summed E-state index contributed by atoms with van der Waals surface area (Å²) in [6.07, 6.45) is 2.42. The second-order valence-electron chi connectivity index (χ2n) is 7.55. The van der Waals surface area contributed by atoms with Crippen LogP contribution in [0.1, 0.15) is 22.4 Å². The Morgan fingerprint density at radius 2 is 1.76 bits per heavy atom. The number of halogens is 1. The van der Waals surface area contributed by atoms with Gasteiger partial charge in [0, 0.05) is 19.3 Å². The quantitative estimate of drug-likeness (QED) is 0.666. The molecule has 4 nitrogen and oxygen atoms in total. The number of pyridine rings is 1. The van der Waals surface area contributed by atoms with Crippen LogP contribution in [-0.4, -0.2) is 33.8 Å². The number of fused-ring (bicyclic) bond motifs is 1. The van der Waals surface area contributed by atoms with Crippen LogP contribution in [0.3, 0.4) is 0 Å². The Morgan fingerprint density at radius 1 is 1.03 bits per heavy atom. The van der Waals surface area contributed by atoms with Gasteiger partial charge in [0.1, 0.15) is 5.82 Å². The average molecular weight is 389 g/mol. The van der Waals surface area contributed by atoms with Gasteiger partial charge in [-0.15, -0.1) is 0 Å². The van der Waals surface area contributed by atoms with Crippen LogP contribution in [0.25, 0.3) is 0 Å². The summed E-state index contributed by atoms with van der Waals surface area (Å²) >= 11 is 0. The summed E-state index contributed by atoms with van der Waals surface area (Å²) in [5, 5.41) is 0. The van der Waals surface area contributed by atoms with Crippen molar-refractivity contribution in [1.29, 1.82) is 0 Å². The molecule has 1 aromatic heterocycles. The lowest BCUT2D eigenvalue weighted by molar-refractivity contribution is -0.138. The molecule has 1 aliphatic rings. The molecule has 0 aliphatic carbocycles. The van der Waals surface area contributed by atoms with Crippen LogP contribution in [0, 0.1) is 5.82 Å². The molecule has 29 heavy (non-hydrogen) atoms. The third-order valence-corrected chi connectivity index (χ3v) is 5.45. The Hall–Kier alpha value is -3.05. The first-order valence-electron chi connectivity index (χ1n) is 9.80. The SMILES string of the molecule is CN1Cc2ccccc2C[C@H]1C(=O)N(Cc1ccc(F)cc1)Cc1ccccn1. The van der Waals surface area contributed by atoms with Crippen molar-refractivity contribution >= 4 is 5.91 Å². The third kappa shape index (κ3) is 4.51. The van der Waals surface area contributed by atoms with E-state index in [9.17, 15) is 9.18 Å². The van der Waals surface area contributed by atoms with Gasteiger partial charge in [-0.1, -0.05) is 42.5 Å². The number of carbonyl (C=O) groups is 1. The van der Waals surface area contributed by atoms with Crippen molar-refractivity contribution in [1.82, 2.24) is 14.8 Å². The highest BCUT2D eigenvalue weighted by atomic mass is 19.1. The lowest BCUT2D eigenvalue weighted by Crippen LogP contribution is -2.49. The Morgan fingerprint density at radius 3 is 2.48 bits per heavy atom. The van der Waals surface area contributed by atoms with Crippen molar-refractivity contribution in [2.45, 2.75) is 32.1 Å². The molecule has 5 heteroatoms. The van der Waals surface area contributed by atoms with Gasteiger partial charge in [-0.3, -0.25) is 14.7 Å². The summed E-state index contributed by atoms with van der Waals surface area (Å²) in [5.74, 6) is -0.211. The zero-order valence-corrected chi connectivity index (χ0v) is 16.5. The Balaban J connectivity index is 1.59. The number of likely N-dealkylation sites (N-methyl/N-ethyl adjacent to an activating group) is 1. The van der Waals surface area contributed by atoms with Crippen LogP contribution >= 0.6 is 0 Å². The van der Waals surface area contributed by atoms with E-state index in [2.05, 4.69) is 22.0 Å². The van der Waals surface area contributed by atoms with Gasteiger partial charge in [0.05, 0.1) is 18.3 Å². The number of amides is 1. The molecule has 0 N–H and O–H groups in total. The van der Waals surface area contributed by atoms with Gasteiger partial charge in [-0.05, 0) is 54.4 Å². The fraction of sp³-hybridized carbons (Fsp3) is 0.250. The van der Waals surface area contributed by atoms with E-state index >= 15 is 0 Å². The van der Waals surface area contributed by atoms with Gasteiger partial charge in [0.2, 0.25) is 5.91 Å². The Kier molecular flexibility index (Phi) is 5.67. The summed E-state index contributed by atoms with van der Waals surface area (Å²) in [5.41, 5.74) is 4.23. The molecule has 0 unspecified atom stereocenters. The monoisotopic (exact) mass is 389 g/mol.